The van der Waals surface area contributed by atoms with Crippen LogP contribution in [-0.4, -0.2) is 22.4 Å². The number of thioether (sulfide) groups is 1. The van der Waals surface area contributed by atoms with Crippen LogP contribution in [0.1, 0.15) is 22.8 Å². The molecule has 0 aliphatic rings. The topological polar surface area (TPSA) is 59.1 Å². The molecule has 0 aliphatic heterocycles. The summed E-state index contributed by atoms with van der Waals surface area (Å²) in [7, 11) is 0. The molecule has 0 unspecified atom stereocenters. The summed E-state index contributed by atoms with van der Waals surface area (Å²) in [4.78, 5) is 26.9. The molecular weight excluding hydrogens is 377 g/mol. The fourth-order valence-electron chi connectivity index (χ4n) is 1.83. The van der Waals surface area contributed by atoms with Crippen molar-refractivity contribution < 1.29 is 22.8 Å². The van der Waals surface area contributed by atoms with E-state index in [0.29, 0.717) is 17.4 Å². The van der Waals surface area contributed by atoms with Crippen LogP contribution < -0.4 is 5.32 Å². The van der Waals surface area contributed by atoms with Gasteiger partial charge in [-0.15, -0.1) is 0 Å². The van der Waals surface area contributed by atoms with Crippen LogP contribution in [-0.2, 0) is 11.0 Å². The van der Waals surface area contributed by atoms with Crippen LogP contribution in [0.15, 0.2) is 41.6 Å². The lowest BCUT2D eigenvalue weighted by molar-refractivity contribution is -0.137. The van der Waals surface area contributed by atoms with Crippen molar-refractivity contribution in [3.05, 3.63) is 52.7 Å². The van der Waals surface area contributed by atoms with Crippen molar-refractivity contribution in [2.45, 2.75) is 18.1 Å². The van der Waals surface area contributed by atoms with Crippen molar-refractivity contribution in [1.82, 2.24) is 4.98 Å². The largest absolute Gasteiger partial charge is 0.417 e. The maximum atomic E-state index is 12.6. The molecule has 0 fully saturated rings. The van der Waals surface area contributed by atoms with Crippen LogP contribution in [0.4, 0.5) is 18.9 Å². The van der Waals surface area contributed by atoms with E-state index in [-0.39, 0.29) is 21.6 Å². The molecular formula is C16H12ClF3N2O2S. The van der Waals surface area contributed by atoms with Crippen molar-refractivity contribution in [1.29, 1.82) is 0 Å². The Balaban J connectivity index is 1.98. The van der Waals surface area contributed by atoms with Crippen LogP contribution in [0, 0.1) is 0 Å². The third kappa shape index (κ3) is 5.47. The van der Waals surface area contributed by atoms with Gasteiger partial charge in [0.25, 0.3) is 0 Å². The molecule has 25 heavy (non-hydrogen) atoms. The summed E-state index contributed by atoms with van der Waals surface area (Å²) in [5.41, 5.74) is -0.0463. The van der Waals surface area contributed by atoms with Crippen molar-refractivity contribution in [2.24, 2.45) is 0 Å². The molecule has 4 nitrogen and oxygen atoms in total. The number of nitrogens with one attached hydrogen (secondary N) is 1. The number of carbonyl (C=O) groups is 2. The summed E-state index contributed by atoms with van der Waals surface area (Å²) in [6.45, 7) is 1.41. The van der Waals surface area contributed by atoms with E-state index in [4.69, 9.17) is 11.6 Å². The predicted octanol–water partition coefficient (Wildman–Crippen LogP) is 4.69. The first-order chi connectivity index (χ1) is 11.7. The van der Waals surface area contributed by atoms with Crippen molar-refractivity contribution in [3.8, 4) is 0 Å². The van der Waals surface area contributed by atoms with Gasteiger partial charge in [-0.2, -0.15) is 13.2 Å². The Morgan fingerprint density at radius 3 is 2.60 bits per heavy atom. The SMILES string of the molecule is CC(=O)c1cccc(NC(=O)CSc2ncc(C(F)(F)F)cc2Cl)c1. The average molecular weight is 389 g/mol. The molecule has 2 rings (SSSR count). The Morgan fingerprint density at radius 2 is 2.00 bits per heavy atom. The number of alkyl halides is 3. The number of pyridine rings is 1. The van der Waals surface area contributed by atoms with Crippen LogP contribution in [0.2, 0.25) is 5.02 Å². The highest BCUT2D eigenvalue weighted by Gasteiger charge is 2.31. The van der Waals surface area contributed by atoms with Gasteiger partial charge in [-0.05, 0) is 25.1 Å². The van der Waals surface area contributed by atoms with Gasteiger partial charge in [0.2, 0.25) is 5.91 Å². The lowest BCUT2D eigenvalue weighted by atomic mass is 10.1. The van der Waals surface area contributed by atoms with Gasteiger partial charge in [0.15, 0.2) is 5.78 Å². The first kappa shape index (κ1) is 19.3. The Kier molecular flexibility index (Phi) is 6.07. The maximum absolute atomic E-state index is 12.6. The molecule has 1 N–H and O–H groups in total. The minimum atomic E-state index is -4.53. The molecule has 1 aromatic heterocycles. The third-order valence-corrected chi connectivity index (χ3v) is 4.43. The van der Waals surface area contributed by atoms with E-state index in [2.05, 4.69) is 10.3 Å². The maximum Gasteiger partial charge on any atom is 0.417 e. The number of hydrogen-bond acceptors (Lipinski definition) is 4. The van der Waals surface area contributed by atoms with Gasteiger partial charge in [-0.25, -0.2) is 4.98 Å². The molecule has 2 aromatic rings. The van der Waals surface area contributed by atoms with E-state index in [9.17, 15) is 22.8 Å². The number of ketones is 1. The van der Waals surface area contributed by atoms with E-state index in [1.54, 1.807) is 18.2 Å². The van der Waals surface area contributed by atoms with Gasteiger partial charge >= 0.3 is 6.18 Å². The summed E-state index contributed by atoms with van der Waals surface area (Å²) < 4.78 is 37.7. The second-order valence-corrected chi connectivity index (χ2v) is 6.35. The lowest BCUT2D eigenvalue weighted by Crippen LogP contribution is -2.14. The zero-order chi connectivity index (χ0) is 18.6. The van der Waals surface area contributed by atoms with Gasteiger partial charge in [0.1, 0.15) is 5.03 Å². The number of hydrogen-bond donors (Lipinski definition) is 1. The number of carbonyl (C=O) groups excluding carboxylic acids is 2. The Labute approximate surface area is 150 Å². The number of halogens is 4. The first-order valence-corrected chi connectivity index (χ1v) is 8.29. The third-order valence-electron chi connectivity index (χ3n) is 3.03. The fourth-order valence-corrected chi connectivity index (χ4v) is 2.83. The minimum Gasteiger partial charge on any atom is -0.325 e. The van der Waals surface area contributed by atoms with Crippen LogP contribution in [0.5, 0.6) is 0 Å². The molecule has 0 bridgehead atoms. The van der Waals surface area contributed by atoms with E-state index in [0.717, 1.165) is 17.8 Å². The van der Waals surface area contributed by atoms with Crippen LogP contribution in [0.3, 0.4) is 0 Å². The molecule has 0 aliphatic carbocycles. The normalized spacial score (nSPS) is 11.2. The second kappa shape index (κ2) is 7.88. The van der Waals surface area contributed by atoms with E-state index in [1.165, 1.54) is 13.0 Å². The molecule has 132 valence electrons. The molecule has 1 heterocycles. The number of amides is 1. The summed E-state index contributed by atoms with van der Waals surface area (Å²) >= 11 is 6.70. The highest BCUT2D eigenvalue weighted by molar-refractivity contribution is 8.00. The van der Waals surface area contributed by atoms with Gasteiger partial charge in [-0.3, -0.25) is 9.59 Å². The highest BCUT2D eigenvalue weighted by atomic mass is 35.5. The number of anilines is 1. The molecule has 9 heteroatoms. The molecule has 1 amide bonds. The summed E-state index contributed by atoms with van der Waals surface area (Å²) in [5.74, 6) is -0.628. The first-order valence-electron chi connectivity index (χ1n) is 6.93. The zero-order valence-corrected chi connectivity index (χ0v) is 14.4. The second-order valence-electron chi connectivity index (χ2n) is 4.98. The van der Waals surface area contributed by atoms with Crippen molar-refractivity contribution in [2.75, 3.05) is 11.1 Å². The van der Waals surface area contributed by atoms with E-state index >= 15 is 0 Å². The zero-order valence-electron chi connectivity index (χ0n) is 12.9. The monoisotopic (exact) mass is 388 g/mol. The Morgan fingerprint density at radius 1 is 1.28 bits per heavy atom. The fraction of sp³-hybridized carbons (Fsp3) is 0.188. The van der Waals surface area contributed by atoms with Gasteiger partial charge in [0, 0.05) is 17.4 Å². The number of benzene rings is 1. The standard InChI is InChI=1S/C16H12ClF3N2O2S/c1-9(23)10-3-2-4-12(5-10)22-14(24)8-25-15-13(17)6-11(7-21-15)16(18,19)20/h2-7H,8H2,1H3,(H,22,24). The number of nitrogens with zero attached hydrogens (tertiary/aromatic N) is 1. The Hall–Kier alpha value is -2.06. The molecule has 0 saturated carbocycles. The van der Waals surface area contributed by atoms with E-state index in [1.807, 2.05) is 0 Å². The molecule has 1 aromatic carbocycles. The van der Waals surface area contributed by atoms with Gasteiger partial charge < -0.3 is 5.32 Å². The minimum absolute atomic E-state index is 0.0949. The molecule has 0 radical (unpaired) electrons. The highest BCUT2D eigenvalue weighted by Crippen LogP contribution is 2.33. The van der Waals surface area contributed by atoms with Crippen molar-refractivity contribution in [3.63, 3.8) is 0 Å². The Bertz CT molecular complexity index is 812. The summed E-state index contributed by atoms with van der Waals surface area (Å²) in [5, 5.41) is 2.55. The van der Waals surface area contributed by atoms with Crippen LogP contribution in [0.25, 0.3) is 0 Å². The average Bonchev–Trinajstić information content (AvgIpc) is 2.53. The summed E-state index contributed by atoms with van der Waals surface area (Å²) in [6, 6.07) is 7.18. The van der Waals surface area contributed by atoms with Crippen LogP contribution >= 0.6 is 23.4 Å². The van der Waals surface area contributed by atoms with E-state index < -0.39 is 17.6 Å². The number of rotatable bonds is 5. The summed E-state index contributed by atoms with van der Waals surface area (Å²) in [6.07, 6.45) is -3.86. The van der Waals surface area contributed by atoms with Gasteiger partial charge in [0.05, 0.1) is 16.3 Å². The molecule has 0 atom stereocenters. The lowest BCUT2D eigenvalue weighted by Gasteiger charge is -2.09. The van der Waals surface area contributed by atoms with Crippen molar-refractivity contribution >= 4 is 40.7 Å². The predicted molar refractivity (Wildman–Crippen MR) is 90.0 cm³/mol. The molecule has 0 spiro atoms. The van der Waals surface area contributed by atoms with Gasteiger partial charge in [-0.1, -0.05) is 35.5 Å². The molecule has 0 saturated heterocycles. The smallest absolute Gasteiger partial charge is 0.325 e. The number of Topliss-reactive ketones (excluding diaryl/α,β-unsaturated/α-hetero) is 1. The number of aromatic nitrogens is 1. The quantitative estimate of drug-likeness (QED) is 0.596.